The van der Waals surface area contributed by atoms with E-state index in [-0.39, 0.29) is 43.2 Å². The van der Waals surface area contributed by atoms with Gasteiger partial charge in [0.25, 0.3) is 0 Å². The van der Waals surface area contributed by atoms with Gasteiger partial charge in [-0.1, -0.05) is 90.7 Å². The van der Waals surface area contributed by atoms with E-state index in [9.17, 15) is 31.4 Å². The predicted molar refractivity (Wildman–Crippen MR) is 123 cm³/mol. The zero-order chi connectivity index (χ0) is 26.5. The maximum absolute atomic E-state index is 13.4. The summed E-state index contributed by atoms with van der Waals surface area (Å²) in [5.41, 5.74) is -5.69. The molecule has 0 N–H and O–H groups in total. The van der Waals surface area contributed by atoms with E-state index in [0.717, 1.165) is 0 Å². The van der Waals surface area contributed by atoms with Crippen molar-refractivity contribution in [3.8, 4) is 0 Å². The average molecular weight is 632 g/mol. The van der Waals surface area contributed by atoms with E-state index in [4.69, 9.17) is 46.4 Å². The fourth-order valence-electron chi connectivity index (χ4n) is 1.92. The molecule has 2 rings (SSSR count). The first kappa shape index (κ1) is 33.9. The van der Waals surface area contributed by atoms with Gasteiger partial charge in [-0.25, -0.2) is 4.99 Å². The van der Waals surface area contributed by atoms with Crippen LogP contribution in [0.4, 0.5) is 37.7 Å². The minimum absolute atomic E-state index is 0. The number of hydrogen-bond acceptors (Lipinski definition) is 2. The number of benzene rings is 2. The Balaban J connectivity index is 0.00000175. The van der Waals surface area contributed by atoms with Crippen molar-refractivity contribution < 1.29 is 48.5 Å². The Hall–Kier alpha value is -1.13. The molecule has 35 heavy (non-hydrogen) atoms. The van der Waals surface area contributed by atoms with E-state index in [1.165, 1.54) is 36.4 Å². The van der Waals surface area contributed by atoms with E-state index >= 15 is 0 Å². The quantitative estimate of drug-likeness (QED) is 0.189. The standard InChI is InChI=1S/C17H7Cl4F6N2.C4H9O.Cu/c18-8-3-1-4-9(19)14(8)28-12(16(22,23)24)7-13(17(25,26)27)29-15-10(20)5-2-6-11(15)21;1-4(2,3)5;/h1-7H;1-3H3;/q2*-1;+2/b12-7-,29-13?;;. The maximum Gasteiger partial charge on any atom is 2.00 e. The number of alkyl halides is 6. The Labute approximate surface area is 228 Å². The summed E-state index contributed by atoms with van der Waals surface area (Å²) < 4.78 is 80.4. The zero-order valence-electron chi connectivity index (χ0n) is 17.9. The Morgan fingerprint density at radius 1 is 0.800 bits per heavy atom. The molecule has 0 atom stereocenters. The summed E-state index contributed by atoms with van der Waals surface area (Å²) in [5.74, 6) is 0. The van der Waals surface area contributed by atoms with Gasteiger partial charge in [0.2, 0.25) is 0 Å². The number of hydrogen-bond donors (Lipinski definition) is 0. The molecule has 0 spiro atoms. The molecule has 0 fully saturated rings. The molecule has 0 aromatic heterocycles. The predicted octanol–water partition coefficient (Wildman–Crippen LogP) is 9.23. The summed E-state index contributed by atoms with van der Waals surface area (Å²) in [6, 6.07) is 7.40. The van der Waals surface area contributed by atoms with E-state index < -0.39 is 40.7 Å². The van der Waals surface area contributed by atoms with Gasteiger partial charge in [0.15, 0.2) is 0 Å². The summed E-state index contributed by atoms with van der Waals surface area (Å²) in [6.07, 6.45) is -10.8. The van der Waals surface area contributed by atoms with Crippen LogP contribution >= 0.6 is 46.4 Å². The van der Waals surface area contributed by atoms with Crippen molar-refractivity contribution >= 4 is 63.5 Å². The first-order chi connectivity index (χ1) is 15.3. The number of allylic oxidation sites excluding steroid dienone is 2. The molecule has 14 heteroatoms. The third kappa shape index (κ3) is 12.1. The van der Waals surface area contributed by atoms with Crippen molar-refractivity contribution in [2.24, 2.45) is 4.99 Å². The van der Waals surface area contributed by atoms with Crippen molar-refractivity contribution in [1.82, 2.24) is 0 Å². The van der Waals surface area contributed by atoms with Gasteiger partial charge >= 0.3 is 29.4 Å². The molecule has 0 unspecified atom stereocenters. The fraction of sp³-hybridized carbons (Fsp3) is 0.286. The smallest absolute Gasteiger partial charge is 0.850 e. The molecule has 0 saturated heterocycles. The second-order valence-electron chi connectivity index (χ2n) is 7.39. The first-order valence-corrected chi connectivity index (χ1v) is 10.6. The summed E-state index contributed by atoms with van der Waals surface area (Å²) in [6.45, 7) is 4.90. The number of nitrogens with zero attached hydrogens (tertiary/aromatic N) is 2. The van der Waals surface area contributed by atoms with Crippen LogP contribution in [0.3, 0.4) is 0 Å². The Bertz CT molecular complexity index is 1020. The van der Waals surface area contributed by atoms with Crippen LogP contribution in [0.25, 0.3) is 5.32 Å². The van der Waals surface area contributed by atoms with E-state index in [0.29, 0.717) is 0 Å². The van der Waals surface area contributed by atoms with Crippen LogP contribution in [0.1, 0.15) is 20.8 Å². The largest absolute Gasteiger partial charge is 2.00 e. The van der Waals surface area contributed by atoms with Crippen LogP contribution < -0.4 is 5.11 Å². The van der Waals surface area contributed by atoms with Crippen LogP contribution in [0.2, 0.25) is 20.1 Å². The van der Waals surface area contributed by atoms with Gasteiger partial charge in [0.1, 0.15) is 11.4 Å². The van der Waals surface area contributed by atoms with Crippen LogP contribution in [0.15, 0.2) is 53.2 Å². The molecule has 0 amide bonds. The molecule has 0 bridgehead atoms. The summed E-state index contributed by atoms with van der Waals surface area (Å²) >= 11 is 23.0. The summed E-state index contributed by atoms with van der Waals surface area (Å²) in [5, 5.41) is 12.2. The molecule has 197 valence electrons. The van der Waals surface area contributed by atoms with Gasteiger partial charge in [-0.05, 0) is 30.3 Å². The molecule has 0 saturated carbocycles. The maximum atomic E-state index is 13.4. The molecule has 0 heterocycles. The van der Waals surface area contributed by atoms with Crippen molar-refractivity contribution in [2.45, 2.75) is 38.7 Å². The Morgan fingerprint density at radius 3 is 1.51 bits per heavy atom. The summed E-state index contributed by atoms with van der Waals surface area (Å²) in [7, 11) is 0. The molecule has 2 aromatic rings. The van der Waals surface area contributed by atoms with Gasteiger partial charge in [-0.15, -0.1) is 5.60 Å². The topological polar surface area (TPSA) is 49.5 Å². The minimum atomic E-state index is -5.28. The van der Waals surface area contributed by atoms with Gasteiger partial charge in [0.05, 0.1) is 10.0 Å². The first-order valence-electron chi connectivity index (χ1n) is 9.05. The second kappa shape index (κ2) is 13.4. The van der Waals surface area contributed by atoms with Crippen molar-refractivity contribution in [2.75, 3.05) is 0 Å². The molecule has 0 aliphatic heterocycles. The van der Waals surface area contributed by atoms with Crippen LogP contribution in [0, 0.1) is 0 Å². The zero-order valence-corrected chi connectivity index (χ0v) is 21.9. The molecular formula is C21H16Cl4CuF6N2O. The van der Waals surface area contributed by atoms with Crippen molar-refractivity contribution in [3.63, 3.8) is 0 Å². The van der Waals surface area contributed by atoms with Crippen molar-refractivity contribution in [3.05, 3.63) is 73.6 Å². The molecule has 1 radical (unpaired) electrons. The van der Waals surface area contributed by atoms with Gasteiger partial charge in [0, 0.05) is 10.0 Å². The summed E-state index contributed by atoms with van der Waals surface area (Å²) in [4.78, 5) is 3.19. The van der Waals surface area contributed by atoms with Gasteiger partial charge in [-0.3, -0.25) is 0 Å². The van der Waals surface area contributed by atoms with Gasteiger partial charge < -0.3 is 10.4 Å². The molecule has 0 aliphatic carbocycles. The monoisotopic (exact) mass is 629 g/mol. The molecule has 3 nitrogen and oxygen atoms in total. The average Bonchev–Trinajstić information content (AvgIpc) is 2.62. The Morgan fingerprint density at radius 2 is 1.17 bits per heavy atom. The second-order valence-corrected chi connectivity index (χ2v) is 9.02. The normalized spacial score (nSPS) is 13.0. The fourth-order valence-corrected chi connectivity index (χ4v) is 2.88. The number of halogens is 10. The van der Waals surface area contributed by atoms with Gasteiger partial charge in [-0.2, -0.15) is 26.3 Å². The van der Waals surface area contributed by atoms with Crippen molar-refractivity contribution in [1.29, 1.82) is 0 Å². The van der Waals surface area contributed by atoms with E-state index in [1.54, 1.807) is 20.8 Å². The number of para-hydroxylation sites is 2. The Kier molecular flexibility index (Phi) is 13.0. The van der Waals surface area contributed by atoms with Crippen LogP contribution in [0.5, 0.6) is 0 Å². The third-order valence-electron chi connectivity index (χ3n) is 3.19. The number of rotatable bonds is 4. The van der Waals surface area contributed by atoms with E-state index in [2.05, 4.69) is 10.3 Å². The molecule has 0 aliphatic rings. The molecular weight excluding hydrogens is 616 g/mol. The van der Waals surface area contributed by atoms with Crippen LogP contribution in [-0.2, 0) is 17.1 Å². The number of aliphatic imine (C=N–C) groups is 1. The van der Waals surface area contributed by atoms with E-state index in [1.807, 2.05) is 0 Å². The van der Waals surface area contributed by atoms with Crippen LogP contribution in [-0.4, -0.2) is 23.7 Å². The SMILES string of the molecule is CC(C)(C)[O-].FC(F)(F)C(/C=C(\[N-]c1c(Cl)cccc1Cl)C(F)(F)F)=Nc1c(Cl)cccc1Cl.[Cu+2]. The minimum Gasteiger partial charge on any atom is -0.850 e. The molecule has 2 aromatic carbocycles. The third-order valence-corrected chi connectivity index (χ3v) is 4.41.